The van der Waals surface area contributed by atoms with Crippen molar-refractivity contribution in [2.75, 3.05) is 17.6 Å². The van der Waals surface area contributed by atoms with Gasteiger partial charge in [-0.25, -0.2) is 13.1 Å². The van der Waals surface area contributed by atoms with Crippen molar-refractivity contribution in [3.05, 3.63) is 24.3 Å². The van der Waals surface area contributed by atoms with Crippen LogP contribution in [0.4, 0.5) is 5.69 Å². The summed E-state index contributed by atoms with van der Waals surface area (Å²) in [5.41, 5.74) is 0.566. The molecule has 7 heteroatoms. The first-order valence-corrected chi connectivity index (χ1v) is 7.55. The molecule has 1 amide bonds. The Balaban J connectivity index is 2.74. The Morgan fingerprint density at radius 3 is 2.39 bits per heavy atom. The van der Waals surface area contributed by atoms with E-state index in [1.54, 1.807) is 12.1 Å². The smallest absolute Gasteiger partial charge is 0.240 e. The molecular formula is C11H16N2O3S2. The lowest BCUT2D eigenvalue weighted by Gasteiger charge is -2.07. The minimum atomic E-state index is -3.47. The van der Waals surface area contributed by atoms with Crippen molar-refractivity contribution in [1.82, 2.24) is 4.72 Å². The van der Waals surface area contributed by atoms with Gasteiger partial charge in [-0.1, -0.05) is 0 Å². The highest BCUT2D eigenvalue weighted by atomic mass is 32.2. The van der Waals surface area contributed by atoms with E-state index >= 15 is 0 Å². The number of carbonyl (C=O) groups excluding carboxylic acids is 1. The number of carbonyl (C=O) groups is 1. The fraction of sp³-hybridized carbons (Fsp3) is 0.364. The molecule has 0 unspecified atom stereocenters. The Morgan fingerprint density at radius 1 is 1.28 bits per heavy atom. The van der Waals surface area contributed by atoms with Crippen molar-refractivity contribution >= 4 is 34.2 Å². The van der Waals surface area contributed by atoms with Gasteiger partial charge in [0.1, 0.15) is 0 Å². The van der Waals surface area contributed by atoms with Crippen molar-refractivity contribution < 1.29 is 13.2 Å². The van der Waals surface area contributed by atoms with Crippen molar-refractivity contribution in [2.24, 2.45) is 0 Å². The number of hydrogen-bond donors (Lipinski definition) is 3. The first-order chi connectivity index (χ1) is 8.45. The summed E-state index contributed by atoms with van der Waals surface area (Å²) in [5, 5.41) is 2.57. The number of amides is 1. The number of benzene rings is 1. The Hall–Kier alpha value is -1.05. The molecule has 0 bridgehead atoms. The molecule has 0 radical (unpaired) electrons. The molecule has 0 aliphatic carbocycles. The van der Waals surface area contributed by atoms with Crippen LogP contribution in [0.1, 0.15) is 13.3 Å². The van der Waals surface area contributed by atoms with Crippen molar-refractivity contribution in [2.45, 2.75) is 18.2 Å². The number of thiol groups is 1. The molecule has 1 aromatic rings. The number of nitrogens with one attached hydrogen (secondary N) is 2. The molecule has 0 aromatic heterocycles. The van der Waals surface area contributed by atoms with Crippen LogP contribution in [0.3, 0.4) is 0 Å². The second-order valence-corrected chi connectivity index (χ2v) is 5.89. The van der Waals surface area contributed by atoms with Gasteiger partial charge in [0.05, 0.1) is 4.90 Å². The molecule has 0 saturated carbocycles. The molecule has 0 aliphatic heterocycles. The van der Waals surface area contributed by atoms with Crippen molar-refractivity contribution in [3.8, 4) is 0 Å². The van der Waals surface area contributed by atoms with Crippen LogP contribution in [0.5, 0.6) is 0 Å². The van der Waals surface area contributed by atoms with Gasteiger partial charge in [-0.2, -0.15) is 12.6 Å². The van der Waals surface area contributed by atoms with Crippen LogP contribution in [0, 0.1) is 0 Å². The first-order valence-electron chi connectivity index (χ1n) is 5.44. The third-order valence-electron chi connectivity index (χ3n) is 2.11. The quantitative estimate of drug-likeness (QED) is 0.544. The average Bonchev–Trinajstić information content (AvgIpc) is 2.29. The first kappa shape index (κ1) is 15.0. The predicted molar refractivity (Wildman–Crippen MR) is 74.4 cm³/mol. The summed E-state index contributed by atoms with van der Waals surface area (Å²) in [4.78, 5) is 11.0. The third kappa shape index (κ3) is 4.67. The molecule has 0 fully saturated rings. The number of hydrogen-bond acceptors (Lipinski definition) is 4. The van der Waals surface area contributed by atoms with Gasteiger partial charge < -0.3 is 5.32 Å². The Labute approximate surface area is 112 Å². The summed E-state index contributed by atoms with van der Waals surface area (Å²) in [6.07, 6.45) is 0.673. The Kier molecular flexibility index (Phi) is 5.64. The average molecular weight is 288 g/mol. The maximum Gasteiger partial charge on any atom is 0.240 e. The van der Waals surface area contributed by atoms with E-state index in [1.165, 1.54) is 19.1 Å². The van der Waals surface area contributed by atoms with Crippen LogP contribution in [-0.4, -0.2) is 26.6 Å². The summed E-state index contributed by atoms with van der Waals surface area (Å²) in [6.45, 7) is 1.75. The van der Waals surface area contributed by atoms with Gasteiger partial charge in [0.15, 0.2) is 0 Å². The Bertz CT molecular complexity index is 498. The topological polar surface area (TPSA) is 75.3 Å². The molecular weight excluding hydrogens is 272 g/mol. The van der Waals surface area contributed by atoms with E-state index in [0.717, 1.165) is 0 Å². The lowest BCUT2D eigenvalue weighted by atomic mass is 10.3. The SMILES string of the molecule is CC(=O)Nc1ccc(S(=O)(=O)NCCCS)cc1. The fourth-order valence-corrected chi connectivity index (χ4v) is 2.52. The van der Waals surface area contributed by atoms with E-state index in [1.807, 2.05) is 0 Å². The van der Waals surface area contributed by atoms with Gasteiger partial charge in [0.2, 0.25) is 15.9 Å². The van der Waals surface area contributed by atoms with Gasteiger partial charge in [-0.3, -0.25) is 4.79 Å². The molecule has 0 spiro atoms. The van der Waals surface area contributed by atoms with Crippen LogP contribution >= 0.6 is 12.6 Å². The highest BCUT2D eigenvalue weighted by Crippen LogP contribution is 2.13. The van der Waals surface area contributed by atoms with E-state index in [2.05, 4.69) is 22.7 Å². The Morgan fingerprint density at radius 2 is 1.89 bits per heavy atom. The van der Waals surface area contributed by atoms with Gasteiger partial charge >= 0.3 is 0 Å². The lowest BCUT2D eigenvalue weighted by Crippen LogP contribution is -2.25. The van der Waals surface area contributed by atoms with E-state index in [9.17, 15) is 13.2 Å². The minimum Gasteiger partial charge on any atom is -0.326 e. The normalized spacial score (nSPS) is 11.2. The third-order valence-corrected chi connectivity index (χ3v) is 3.91. The largest absolute Gasteiger partial charge is 0.326 e. The van der Waals surface area contributed by atoms with Gasteiger partial charge in [-0.15, -0.1) is 0 Å². The monoisotopic (exact) mass is 288 g/mol. The summed E-state index contributed by atoms with van der Waals surface area (Å²) in [6, 6.07) is 6.01. The zero-order valence-electron chi connectivity index (χ0n) is 10.0. The number of anilines is 1. The van der Waals surface area contributed by atoms with Gasteiger partial charge in [0.25, 0.3) is 0 Å². The van der Waals surface area contributed by atoms with Crippen LogP contribution in [-0.2, 0) is 14.8 Å². The molecule has 100 valence electrons. The molecule has 1 rings (SSSR count). The standard InChI is InChI=1S/C11H16N2O3S2/c1-9(14)13-10-3-5-11(6-4-10)18(15,16)12-7-2-8-17/h3-6,12,17H,2,7-8H2,1H3,(H,13,14). The van der Waals surface area contributed by atoms with Crippen molar-refractivity contribution in [3.63, 3.8) is 0 Å². The molecule has 18 heavy (non-hydrogen) atoms. The lowest BCUT2D eigenvalue weighted by molar-refractivity contribution is -0.114. The zero-order valence-corrected chi connectivity index (χ0v) is 11.7. The highest BCUT2D eigenvalue weighted by molar-refractivity contribution is 7.89. The van der Waals surface area contributed by atoms with E-state index in [-0.39, 0.29) is 10.8 Å². The summed E-state index contributed by atoms with van der Waals surface area (Å²) in [5.74, 6) is 0.432. The number of sulfonamides is 1. The molecule has 1 aromatic carbocycles. The summed E-state index contributed by atoms with van der Waals surface area (Å²) in [7, 11) is -3.47. The summed E-state index contributed by atoms with van der Waals surface area (Å²) >= 11 is 4.01. The maximum absolute atomic E-state index is 11.8. The molecule has 2 N–H and O–H groups in total. The van der Waals surface area contributed by atoms with Crippen LogP contribution in [0.15, 0.2) is 29.2 Å². The molecule has 0 atom stereocenters. The van der Waals surface area contributed by atoms with E-state index in [0.29, 0.717) is 24.4 Å². The maximum atomic E-state index is 11.8. The van der Waals surface area contributed by atoms with Crippen LogP contribution < -0.4 is 10.0 Å². The van der Waals surface area contributed by atoms with E-state index < -0.39 is 10.0 Å². The van der Waals surface area contributed by atoms with Crippen LogP contribution in [0.2, 0.25) is 0 Å². The van der Waals surface area contributed by atoms with Crippen LogP contribution in [0.25, 0.3) is 0 Å². The fourth-order valence-electron chi connectivity index (χ4n) is 1.29. The van der Waals surface area contributed by atoms with Gasteiger partial charge in [-0.05, 0) is 36.4 Å². The molecule has 0 aliphatic rings. The number of rotatable bonds is 6. The second-order valence-electron chi connectivity index (χ2n) is 3.68. The summed E-state index contributed by atoms with van der Waals surface area (Å²) < 4.78 is 26.1. The molecule has 0 saturated heterocycles. The minimum absolute atomic E-state index is 0.177. The van der Waals surface area contributed by atoms with E-state index in [4.69, 9.17) is 0 Å². The zero-order chi connectivity index (χ0) is 13.6. The van der Waals surface area contributed by atoms with Crippen molar-refractivity contribution in [1.29, 1.82) is 0 Å². The highest BCUT2D eigenvalue weighted by Gasteiger charge is 2.12. The molecule has 0 heterocycles. The predicted octanol–water partition coefficient (Wildman–Crippen LogP) is 1.24. The molecule has 5 nitrogen and oxygen atoms in total. The second kappa shape index (κ2) is 6.77. The van der Waals surface area contributed by atoms with Gasteiger partial charge in [0, 0.05) is 19.2 Å².